The molecule has 0 spiro atoms. The molecule has 0 aliphatic carbocycles. The number of carbonyl (C=O) groups is 2. The van der Waals surface area contributed by atoms with E-state index in [0.717, 1.165) is 5.56 Å². The number of halogens is 1. The molecule has 1 aromatic heterocycles. The molecule has 2 heterocycles. The molecule has 0 bridgehead atoms. The largest absolute Gasteiger partial charge is 0.326 e. The van der Waals surface area contributed by atoms with Gasteiger partial charge in [0.25, 0.3) is 5.56 Å². The van der Waals surface area contributed by atoms with Crippen LogP contribution in [-0.4, -0.2) is 21.8 Å². The Hall–Kier alpha value is -3.10. The zero-order valence-electron chi connectivity index (χ0n) is 15.6. The van der Waals surface area contributed by atoms with Crippen LogP contribution in [0.25, 0.3) is 0 Å². The number of aromatic amines is 1. The van der Waals surface area contributed by atoms with E-state index in [2.05, 4.69) is 20.6 Å². The molecular weight excluding hydrogens is 424 g/mol. The third kappa shape index (κ3) is 4.55. The van der Waals surface area contributed by atoms with Gasteiger partial charge in [-0.1, -0.05) is 53.7 Å². The van der Waals surface area contributed by atoms with Crippen LogP contribution in [0.2, 0.25) is 5.02 Å². The van der Waals surface area contributed by atoms with Crippen molar-refractivity contribution in [2.75, 3.05) is 10.6 Å². The van der Waals surface area contributed by atoms with Crippen molar-refractivity contribution >= 4 is 46.7 Å². The molecule has 152 valence electrons. The van der Waals surface area contributed by atoms with Crippen molar-refractivity contribution in [1.29, 1.82) is 0 Å². The highest BCUT2D eigenvalue weighted by molar-refractivity contribution is 7.98. The predicted molar refractivity (Wildman–Crippen MR) is 117 cm³/mol. The molecule has 2 aromatic carbocycles. The number of hydrogen-bond donors (Lipinski definition) is 3. The van der Waals surface area contributed by atoms with Gasteiger partial charge in [-0.05, 0) is 29.8 Å². The lowest BCUT2D eigenvalue weighted by Gasteiger charge is -2.23. The summed E-state index contributed by atoms with van der Waals surface area (Å²) in [5.41, 5.74) is 1.28. The zero-order chi connectivity index (χ0) is 21.1. The number of carbonyl (C=O) groups excluding carboxylic acids is 2. The average molecular weight is 441 g/mol. The van der Waals surface area contributed by atoms with Gasteiger partial charge in [-0.15, -0.1) is 0 Å². The summed E-state index contributed by atoms with van der Waals surface area (Å²) in [6.07, 6.45) is -0.120. The number of para-hydroxylation sites is 1. The molecule has 0 fully saturated rings. The smallest absolute Gasteiger partial charge is 0.257 e. The molecule has 4 rings (SSSR count). The third-order valence-corrected chi connectivity index (χ3v) is 5.73. The maximum Gasteiger partial charge on any atom is 0.257 e. The monoisotopic (exact) mass is 440 g/mol. The molecule has 0 unspecified atom stereocenters. The summed E-state index contributed by atoms with van der Waals surface area (Å²) in [5, 5.41) is 6.34. The normalized spacial score (nSPS) is 15.2. The molecule has 0 radical (unpaired) electrons. The topological polar surface area (TPSA) is 104 Å². The minimum Gasteiger partial charge on any atom is -0.326 e. The van der Waals surface area contributed by atoms with Crippen LogP contribution in [0, 0.1) is 0 Å². The maximum absolute atomic E-state index is 12.8. The van der Waals surface area contributed by atoms with Gasteiger partial charge >= 0.3 is 0 Å². The fraction of sp³-hybridized carbons (Fsp3) is 0.143. The predicted octanol–water partition coefficient (Wildman–Crippen LogP) is 3.78. The third-order valence-electron chi connectivity index (χ3n) is 4.55. The SMILES string of the molecule is O=C1C[C@@H](C(=O)Nc2ccccc2)c2c(nc(SCc3cccc(Cl)c3)[nH]c2=O)N1. The van der Waals surface area contributed by atoms with Crippen molar-refractivity contribution in [3.05, 3.63) is 81.1 Å². The lowest BCUT2D eigenvalue weighted by Crippen LogP contribution is -2.36. The highest BCUT2D eigenvalue weighted by Crippen LogP contribution is 2.31. The first-order valence-electron chi connectivity index (χ1n) is 9.17. The number of rotatable bonds is 5. The number of amides is 2. The number of nitrogens with zero attached hydrogens (tertiary/aromatic N) is 1. The second-order valence-electron chi connectivity index (χ2n) is 6.71. The Bertz CT molecular complexity index is 1170. The molecule has 0 saturated carbocycles. The van der Waals surface area contributed by atoms with E-state index in [4.69, 9.17) is 11.6 Å². The molecule has 0 saturated heterocycles. The van der Waals surface area contributed by atoms with Crippen molar-refractivity contribution in [3.8, 4) is 0 Å². The van der Waals surface area contributed by atoms with E-state index in [9.17, 15) is 14.4 Å². The van der Waals surface area contributed by atoms with E-state index in [1.807, 2.05) is 24.3 Å². The summed E-state index contributed by atoms with van der Waals surface area (Å²) in [7, 11) is 0. The van der Waals surface area contributed by atoms with Crippen LogP contribution in [-0.2, 0) is 15.3 Å². The summed E-state index contributed by atoms with van der Waals surface area (Å²) in [6.45, 7) is 0. The molecule has 3 N–H and O–H groups in total. The van der Waals surface area contributed by atoms with Crippen LogP contribution in [0.15, 0.2) is 64.5 Å². The van der Waals surface area contributed by atoms with E-state index in [-0.39, 0.29) is 23.7 Å². The highest BCUT2D eigenvalue weighted by atomic mass is 35.5. The summed E-state index contributed by atoms with van der Waals surface area (Å²) < 4.78 is 0. The first-order valence-corrected chi connectivity index (χ1v) is 10.5. The van der Waals surface area contributed by atoms with Gasteiger partial charge in [0, 0.05) is 22.9 Å². The number of aromatic nitrogens is 2. The molecule has 1 aliphatic rings. The first-order chi connectivity index (χ1) is 14.5. The standard InChI is InChI=1S/C21H17ClN4O3S/c22-13-6-4-5-12(9-13)11-30-21-25-18-17(20(29)26-21)15(10-16(27)24-18)19(28)23-14-7-2-1-3-8-14/h1-9,15H,10-11H2,(H,23,28)(H2,24,25,26,27,29)/t15-/m1/s1. The van der Waals surface area contributed by atoms with Gasteiger partial charge in [0.05, 0.1) is 11.5 Å². The van der Waals surface area contributed by atoms with E-state index in [1.165, 1.54) is 11.8 Å². The van der Waals surface area contributed by atoms with Gasteiger partial charge in [-0.3, -0.25) is 14.4 Å². The number of anilines is 2. The summed E-state index contributed by atoms with van der Waals surface area (Å²) in [5.74, 6) is -1.05. The summed E-state index contributed by atoms with van der Waals surface area (Å²) in [4.78, 5) is 44.8. The second kappa shape index (κ2) is 8.73. The maximum atomic E-state index is 12.8. The fourth-order valence-corrected chi connectivity index (χ4v) is 4.19. The number of H-pyrrole nitrogens is 1. The molecule has 7 nitrogen and oxygen atoms in total. The summed E-state index contributed by atoms with van der Waals surface area (Å²) >= 11 is 7.30. The minimum atomic E-state index is -0.919. The molecule has 3 aromatic rings. The Morgan fingerprint density at radius 3 is 2.73 bits per heavy atom. The minimum absolute atomic E-state index is 0.120. The van der Waals surface area contributed by atoms with Crippen molar-refractivity contribution < 1.29 is 9.59 Å². The number of thioether (sulfide) groups is 1. The second-order valence-corrected chi connectivity index (χ2v) is 8.11. The Morgan fingerprint density at radius 2 is 1.97 bits per heavy atom. The van der Waals surface area contributed by atoms with Crippen LogP contribution in [0.3, 0.4) is 0 Å². The van der Waals surface area contributed by atoms with E-state index in [1.54, 1.807) is 30.3 Å². The quantitative estimate of drug-likeness (QED) is 0.413. The van der Waals surface area contributed by atoms with Crippen LogP contribution >= 0.6 is 23.4 Å². The molecule has 2 amide bonds. The number of hydrogen-bond acceptors (Lipinski definition) is 5. The lowest BCUT2D eigenvalue weighted by atomic mass is 9.92. The van der Waals surface area contributed by atoms with Crippen LogP contribution in [0.1, 0.15) is 23.5 Å². The number of benzene rings is 2. The fourth-order valence-electron chi connectivity index (χ4n) is 3.17. The Morgan fingerprint density at radius 1 is 1.17 bits per heavy atom. The molecule has 1 aliphatic heterocycles. The van der Waals surface area contributed by atoms with Gasteiger partial charge in [0.15, 0.2) is 5.16 Å². The van der Waals surface area contributed by atoms with Crippen LogP contribution in [0.4, 0.5) is 11.5 Å². The lowest BCUT2D eigenvalue weighted by molar-refractivity contribution is -0.123. The zero-order valence-corrected chi connectivity index (χ0v) is 17.2. The first kappa shape index (κ1) is 20.2. The Balaban J connectivity index is 1.58. The molecular formula is C21H17ClN4O3S. The van der Waals surface area contributed by atoms with E-state index < -0.39 is 17.4 Å². The summed E-state index contributed by atoms with van der Waals surface area (Å²) in [6, 6.07) is 16.2. The number of fused-ring (bicyclic) bond motifs is 1. The van der Waals surface area contributed by atoms with Gasteiger partial charge in [-0.2, -0.15) is 0 Å². The molecule has 9 heteroatoms. The van der Waals surface area contributed by atoms with Gasteiger partial charge < -0.3 is 15.6 Å². The molecule has 1 atom stereocenters. The van der Waals surface area contributed by atoms with Crippen molar-refractivity contribution in [2.45, 2.75) is 23.2 Å². The van der Waals surface area contributed by atoms with Gasteiger partial charge in [-0.25, -0.2) is 4.98 Å². The van der Waals surface area contributed by atoms with Gasteiger partial charge in [0.2, 0.25) is 11.8 Å². The van der Waals surface area contributed by atoms with Crippen LogP contribution in [0.5, 0.6) is 0 Å². The number of nitrogens with one attached hydrogen (secondary N) is 3. The van der Waals surface area contributed by atoms with Crippen molar-refractivity contribution in [1.82, 2.24) is 9.97 Å². The van der Waals surface area contributed by atoms with Crippen molar-refractivity contribution in [3.63, 3.8) is 0 Å². The van der Waals surface area contributed by atoms with Crippen molar-refractivity contribution in [2.24, 2.45) is 0 Å². The van der Waals surface area contributed by atoms with E-state index in [0.29, 0.717) is 21.6 Å². The Kier molecular flexibility index (Phi) is 5.87. The van der Waals surface area contributed by atoms with Gasteiger partial charge in [0.1, 0.15) is 5.82 Å². The average Bonchev–Trinajstić information content (AvgIpc) is 2.72. The molecule has 30 heavy (non-hydrogen) atoms. The highest BCUT2D eigenvalue weighted by Gasteiger charge is 2.34. The van der Waals surface area contributed by atoms with E-state index >= 15 is 0 Å². The Labute approximate surface area is 181 Å². The van der Waals surface area contributed by atoms with Crippen LogP contribution < -0.4 is 16.2 Å².